The lowest BCUT2D eigenvalue weighted by Crippen LogP contribution is -2.26. The van der Waals surface area contributed by atoms with Crippen molar-refractivity contribution in [3.63, 3.8) is 0 Å². The fourth-order valence-corrected chi connectivity index (χ4v) is 3.59. The molecule has 1 aromatic heterocycles. The van der Waals surface area contributed by atoms with E-state index in [9.17, 15) is 0 Å². The second-order valence-electron chi connectivity index (χ2n) is 4.83. The van der Waals surface area contributed by atoms with E-state index in [0.29, 0.717) is 23.2 Å². The summed E-state index contributed by atoms with van der Waals surface area (Å²) in [6.07, 6.45) is 0. The average molecular weight is 307 g/mol. The second-order valence-corrected chi connectivity index (χ2v) is 5.91. The first-order valence-electron chi connectivity index (χ1n) is 6.62. The molecule has 0 spiro atoms. The van der Waals surface area contributed by atoms with Gasteiger partial charge in [0, 0.05) is 23.1 Å². The van der Waals surface area contributed by atoms with E-state index in [1.807, 2.05) is 30.0 Å². The van der Waals surface area contributed by atoms with Crippen LogP contribution in [0.2, 0.25) is 0 Å². The van der Waals surface area contributed by atoms with Crippen LogP contribution in [-0.2, 0) is 0 Å². The smallest absolute Gasteiger partial charge is 0.232 e. The van der Waals surface area contributed by atoms with Crippen molar-refractivity contribution in [3.05, 3.63) is 24.1 Å². The van der Waals surface area contributed by atoms with Gasteiger partial charge in [0.2, 0.25) is 11.7 Å². The maximum atomic E-state index is 6.06. The van der Waals surface area contributed by atoms with Gasteiger partial charge in [-0.05, 0) is 18.2 Å². The SMILES string of the molecule is COc1ccc(-c2noc(C3CSCC3N)n2)cc1OC. The van der Waals surface area contributed by atoms with Crippen molar-refractivity contribution in [1.82, 2.24) is 10.1 Å². The van der Waals surface area contributed by atoms with Crippen molar-refractivity contribution in [3.8, 4) is 22.9 Å². The molecule has 0 radical (unpaired) electrons. The first-order chi connectivity index (χ1) is 10.2. The number of benzene rings is 1. The number of hydrogen-bond acceptors (Lipinski definition) is 7. The lowest BCUT2D eigenvalue weighted by molar-refractivity contribution is 0.352. The molecule has 0 saturated carbocycles. The molecule has 3 rings (SSSR count). The quantitative estimate of drug-likeness (QED) is 0.923. The number of hydrogen-bond donors (Lipinski definition) is 1. The van der Waals surface area contributed by atoms with Crippen molar-refractivity contribution in [2.45, 2.75) is 12.0 Å². The van der Waals surface area contributed by atoms with E-state index in [0.717, 1.165) is 17.1 Å². The van der Waals surface area contributed by atoms with Gasteiger partial charge in [-0.15, -0.1) is 0 Å². The van der Waals surface area contributed by atoms with Gasteiger partial charge in [-0.3, -0.25) is 0 Å². The lowest BCUT2D eigenvalue weighted by Gasteiger charge is -2.08. The van der Waals surface area contributed by atoms with Crippen molar-refractivity contribution in [2.75, 3.05) is 25.7 Å². The predicted octanol–water partition coefficient (Wildman–Crippen LogP) is 1.91. The second kappa shape index (κ2) is 5.95. The van der Waals surface area contributed by atoms with Crippen LogP contribution in [0, 0.1) is 0 Å². The van der Waals surface area contributed by atoms with Crippen LogP contribution in [0.1, 0.15) is 11.8 Å². The summed E-state index contributed by atoms with van der Waals surface area (Å²) >= 11 is 1.81. The van der Waals surface area contributed by atoms with Gasteiger partial charge in [-0.25, -0.2) is 0 Å². The molecule has 2 unspecified atom stereocenters. The molecule has 0 aliphatic carbocycles. The summed E-state index contributed by atoms with van der Waals surface area (Å²) < 4.78 is 15.9. The molecule has 2 N–H and O–H groups in total. The van der Waals surface area contributed by atoms with E-state index >= 15 is 0 Å². The molecule has 2 atom stereocenters. The Morgan fingerprint density at radius 2 is 2.05 bits per heavy atom. The van der Waals surface area contributed by atoms with Gasteiger partial charge in [0.15, 0.2) is 11.5 Å². The van der Waals surface area contributed by atoms with Crippen LogP contribution in [0.3, 0.4) is 0 Å². The highest BCUT2D eigenvalue weighted by atomic mass is 32.2. The van der Waals surface area contributed by atoms with E-state index in [2.05, 4.69) is 10.1 Å². The van der Waals surface area contributed by atoms with E-state index in [1.54, 1.807) is 14.2 Å². The minimum absolute atomic E-state index is 0.0775. The standard InChI is InChI=1S/C14H17N3O3S/c1-18-11-4-3-8(5-12(11)19-2)13-16-14(20-17-13)9-6-21-7-10(9)15/h3-5,9-10H,6-7,15H2,1-2H3. The zero-order chi connectivity index (χ0) is 14.8. The summed E-state index contributed by atoms with van der Waals surface area (Å²) in [5.41, 5.74) is 6.88. The summed E-state index contributed by atoms with van der Waals surface area (Å²) in [6, 6.07) is 5.60. The maximum Gasteiger partial charge on any atom is 0.232 e. The highest BCUT2D eigenvalue weighted by Gasteiger charge is 2.31. The molecule has 1 aliphatic heterocycles. The highest BCUT2D eigenvalue weighted by Crippen LogP contribution is 2.34. The molecule has 7 heteroatoms. The number of ether oxygens (including phenoxy) is 2. The number of rotatable bonds is 4. The minimum atomic E-state index is 0.0775. The topological polar surface area (TPSA) is 83.4 Å². The predicted molar refractivity (Wildman–Crippen MR) is 80.9 cm³/mol. The number of aromatic nitrogens is 2. The minimum Gasteiger partial charge on any atom is -0.493 e. The van der Waals surface area contributed by atoms with E-state index in [4.69, 9.17) is 19.7 Å². The summed E-state index contributed by atoms with van der Waals surface area (Å²) in [5.74, 6) is 4.44. The number of methoxy groups -OCH3 is 2. The van der Waals surface area contributed by atoms with Crippen molar-refractivity contribution < 1.29 is 14.0 Å². The van der Waals surface area contributed by atoms with Crippen LogP contribution in [0.4, 0.5) is 0 Å². The molecule has 6 nitrogen and oxygen atoms in total. The Kier molecular flexibility index (Phi) is 4.03. The fraction of sp³-hybridized carbons (Fsp3) is 0.429. The summed E-state index contributed by atoms with van der Waals surface area (Å²) in [7, 11) is 3.20. The first kappa shape index (κ1) is 14.2. The Bertz CT molecular complexity index is 632. The Morgan fingerprint density at radius 3 is 2.71 bits per heavy atom. The molecule has 112 valence electrons. The van der Waals surface area contributed by atoms with Crippen LogP contribution in [-0.4, -0.2) is 41.9 Å². The Balaban J connectivity index is 1.89. The third-order valence-corrected chi connectivity index (χ3v) is 4.74. The summed E-state index contributed by atoms with van der Waals surface area (Å²) in [5, 5.41) is 4.05. The van der Waals surface area contributed by atoms with Gasteiger partial charge in [0.05, 0.1) is 20.1 Å². The molecule has 2 aromatic rings. The first-order valence-corrected chi connectivity index (χ1v) is 7.77. The average Bonchev–Trinajstić information content (AvgIpc) is 3.15. The van der Waals surface area contributed by atoms with Gasteiger partial charge >= 0.3 is 0 Å². The molecule has 0 bridgehead atoms. The molecule has 1 fully saturated rings. The molecular formula is C14H17N3O3S. The normalized spacial score (nSPS) is 21.5. The Morgan fingerprint density at radius 1 is 1.24 bits per heavy atom. The number of nitrogens with two attached hydrogens (primary N) is 1. The van der Waals surface area contributed by atoms with Crippen molar-refractivity contribution in [1.29, 1.82) is 0 Å². The van der Waals surface area contributed by atoms with Crippen LogP contribution >= 0.6 is 11.8 Å². The Labute approximate surface area is 127 Å². The zero-order valence-corrected chi connectivity index (χ0v) is 12.7. The van der Waals surface area contributed by atoms with Gasteiger partial charge < -0.3 is 19.7 Å². The third-order valence-electron chi connectivity index (χ3n) is 3.53. The summed E-state index contributed by atoms with van der Waals surface area (Å²) in [4.78, 5) is 4.48. The summed E-state index contributed by atoms with van der Waals surface area (Å²) in [6.45, 7) is 0. The Hall–Kier alpha value is -1.73. The van der Waals surface area contributed by atoms with Crippen molar-refractivity contribution >= 4 is 11.8 Å². The molecule has 1 saturated heterocycles. The van der Waals surface area contributed by atoms with Crippen LogP contribution in [0.5, 0.6) is 11.5 Å². The van der Waals surface area contributed by atoms with Crippen LogP contribution < -0.4 is 15.2 Å². The van der Waals surface area contributed by atoms with Crippen LogP contribution in [0.25, 0.3) is 11.4 Å². The van der Waals surface area contributed by atoms with Crippen LogP contribution in [0.15, 0.2) is 22.7 Å². The largest absolute Gasteiger partial charge is 0.493 e. The van der Waals surface area contributed by atoms with Gasteiger partial charge in [0.25, 0.3) is 0 Å². The molecule has 2 heterocycles. The maximum absolute atomic E-state index is 6.06. The molecular weight excluding hydrogens is 290 g/mol. The van der Waals surface area contributed by atoms with E-state index in [1.165, 1.54) is 0 Å². The van der Waals surface area contributed by atoms with Gasteiger partial charge in [0.1, 0.15) is 0 Å². The van der Waals surface area contributed by atoms with E-state index < -0.39 is 0 Å². The van der Waals surface area contributed by atoms with Crippen molar-refractivity contribution in [2.24, 2.45) is 5.73 Å². The zero-order valence-electron chi connectivity index (χ0n) is 11.9. The molecule has 1 aliphatic rings. The molecule has 0 amide bonds. The van der Waals surface area contributed by atoms with E-state index in [-0.39, 0.29) is 12.0 Å². The molecule has 21 heavy (non-hydrogen) atoms. The third kappa shape index (κ3) is 2.71. The number of nitrogens with zero attached hydrogens (tertiary/aromatic N) is 2. The van der Waals surface area contributed by atoms with Gasteiger partial charge in [-0.1, -0.05) is 5.16 Å². The monoisotopic (exact) mass is 307 g/mol. The van der Waals surface area contributed by atoms with Gasteiger partial charge in [-0.2, -0.15) is 16.7 Å². The lowest BCUT2D eigenvalue weighted by atomic mass is 10.1. The molecule has 1 aromatic carbocycles. The fourth-order valence-electron chi connectivity index (χ4n) is 2.30. The highest BCUT2D eigenvalue weighted by molar-refractivity contribution is 7.99. The number of thioether (sulfide) groups is 1.